The first-order valence-electron chi connectivity index (χ1n) is 13.5. The molecule has 0 aliphatic rings. The molecule has 3 heteroatoms. The summed E-state index contributed by atoms with van der Waals surface area (Å²) in [7, 11) is 0. The predicted molar refractivity (Wildman–Crippen MR) is 139 cm³/mol. The minimum Gasteiger partial charge on any atom is -0.478 e. The van der Waals surface area contributed by atoms with Gasteiger partial charge in [0.1, 0.15) is 0 Å². The topological polar surface area (TPSA) is 57.5 Å². The summed E-state index contributed by atoms with van der Waals surface area (Å²) in [4.78, 5) is 10.8. The molecule has 2 N–H and O–H groups in total. The van der Waals surface area contributed by atoms with Crippen molar-refractivity contribution in [1.82, 2.24) is 0 Å². The van der Waals surface area contributed by atoms with Crippen molar-refractivity contribution in [3.8, 4) is 0 Å². The van der Waals surface area contributed by atoms with Crippen LogP contribution in [0.25, 0.3) is 0 Å². The van der Waals surface area contributed by atoms with E-state index >= 15 is 0 Å². The van der Waals surface area contributed by atoms with Crippen molar-refractivity contribution in [3.63, 3.8) is 0 Å². The smallest absolute Gasteiger partial charge is 0.327 e. The molecule has 3 atom stereocenters. The first kappa shape index (κ1) is 31.2. The summed E-state index contributed by atoms with van der Waals surface area (Å²) in [5, 5.41) is 20.3. The molecular formula is C29H56O3. The van der Waals surface area contributed by atoms with Gasteiger partial charge in [0.15, 0.2) is 0 Å². The number of aliphatic hydroxyl groups excluding tert-OH is 1. The Morgan fingerprint density at radius 3 is 1.53 bits per heavy atom. The number of hydrogen-bond acceptors (Lipinski definition) is 2. The Bertz CT molecular complexity index is 496. The highest BCUT2D eigenvalue weighted by molar-refractivity contribution is 5.79. The van der Waals surface area contributed by atoms with Gasteiger partial charge >= 0.3 is 5.97 Å². The van der Waals surface area contributed by atoms with E-state index in [1.165, 1.54) is 76.7 Å². The van der Waals surface area contributed by atoms with Crippen molar-refractivity contribution in [2.24, 2.45) is 22.7 Å². The quantitative estimate of drug-likeness (QED) is 0.161. The third-order valence-electron chi connectivity index (χ3n) is 7.07. The average Bonchev–Trinajstić information content (AvgIpc) is 2.66. The van der Waals surface area contributed by atoms with E-state index in [9.17, 15) is 9.90 Å². The molecule has 0 amide bonds. The zero-order valence-electron chi connectivity index (χ0n) is 22.6. The van der Waals surface area contributed by atoms with E-state index < -0.39 is 5.97 Å². The summed E-state index contributed by atoms with van der Waals surface area (Å²) >= 11 is 0. The summed E-state index contributed by atoms with van der Waals surface area (Å²) in [6.07, 6.45) is 19.9. The summed E-state index contributed by atoms with van der Waals surface area (Å²) in [6.45, 7) is 15.6. The molecule has 0 saturated heterocycles. The molecule has 0 aromatic rings. The van der Waals surface area contributed by atoms with Gasteiger partial charge in [0.05, 0.1) is 6.10 Å². The molecule has 0 saturated carbocycles. The number of unbranched alkanes of at least 4 members (excludes halogenated alkanes) is 10. The minimum absolute atomic E-state index is 0.0168. The van der Waals surface area contributed by atoms with E-state index in [0.29, 0.717) is 6.42 Å². The van der Waals surface area contributed by atoms with Gasteiger partial charge in [0.2, 0.25) is 0 Å². The van der Waals surface area contributed by atoms with Gasteiger partial charge in [-0.05, 0) is 41.9 Å². The van der Waals surface area contributed by atoms with Crippen LogP contribution < -0.4 is 0 Å². The molecule has 0 rings (SSSR count). The first-order valence-corrected chi connectivity index (χ1v) is 13.5. The van der Waals surface area contributed by atoms with Gasteiger partial charge in [0, 0.05) is 6.08 Å². The number of rotatable bonds is 18. The summed E-state index contributed by atoms with van der Waals surface area (Å²) in [6, 6.07) is 0. The van der Waals surface area contributed by atoms with E-state index in [-0.39, 0.29) is 28.8 Å². The van der Waals surface area contributed by atoms with Crippen LogP contribution in [0.4, 0.5) is 0 Å². The Kier molecular flexibility index (Phi) is 16.3. The van der Waals surface area contributed by atoms with E-state index in [4.69, 9.17) is 5.11 Å². The molecule has 0 heterocycles. The van der Waals surface area contributed by atoms with Crippen molar-refractivity contribution >= 4 is 5.97 Å². The fourth-order valence-corrected chi connectivity index (χ4v) is 5.00. The van der Waals surface area contributed by atoms with Gasteiger partial charge in [0.25, 0.3) is 0 Å². The zero-order valence-corrected chi connectivity index (χ0v) is 22.6. The standard InChI is InChI=1S/C29H56O3/c1-8-9-10-11-12-13-14-15-16-17-18-21-24(28(2,3)4)27(32)25(29(5,6)7)22-19-20-23-26(30)31/h20,23-25,27,32H,8-19,21-22H2,1-7H3,(H,30,31). The fourth-order valence-electron chi connectivity index (χ4n) is 5.00. The lowest BCUT2D eigenvalue weighted by atomic mass is 9.65. The van der Waals surface area contributed by atoms with Gasteiger partial charge < -0.3 is 10.2 Å². The zero-order chi connectivity index (χ0) is 24.6. The van der Waals surface area contributed by atoms with E-state index in [0.717, 1.165) is 12.8 Å². The second-order valence-corrected chi connectivity index (χ2v) is 12.1. The molecule has 0 fully saturated rings. The molecule has 32 heavy (non-hydrogen) atoms. The molecule has 0 aliphatic carbocycles. The minimum atomic E-state index is -0.901. The summed E-state index contributed by atoms with van der Waals surface area (Å²) < 4.78 is 0. The normalized spacial score (nSPS) is 15.8. The third kappa shape index (κ3) is 15.1. The van der Waals surface area contributed by atoms with Crippen LogP contribution in [0.2, 0.25) is 0 Å². The largest absolute Gasteiger partial charge is 0.478 e. The summed E-state index contributed by atoms with van der Waals surface area (Å²) in [5.41, 5.74) is 0.0371. The Hall–Kier alpha value is -0.830. The maximum atomic E-state index is 11.5. The highest BCUT2D eigenvalue weighted by Crippen LogP contribution is 2.42. The number of carboxylic acid groups (broad SMARTS) is 1. The van der Waals surface area contributed by atoms with Crippen molar-refractivity contribution in [2.75, 3.05) is 0 Å². The summed E-state index contributed by atoms with van der Waals surface area (Å²) in [5.74, 6) is -0.492. The van der Waals surface area contributed by atoms with Gasteiger partial charge in [-0.3, -0.25) is 0 Å². The van der Waals surface area contributed by atoms with E-state index in [1.54, 1.807) is 6.08 Å². The molecular weight excluding hydrogens is 396 g/mol. The van der Waals surface area contributed by atoms with Gasteiger partial charge in [-0.25, -0.2) is 4.79 Å². The Labute approximate surface area is 200 Å². The van der Waals surface area contributed by atoms with Crippen LogP contribution in [-0.2, 0) is 4.79 Å². The molecule has 190 valence electrons. The molecule has 3 nitrogen and oxygen atoms in total. The number of aliphatic hydroxyl groups is 1. The Morgan fingerprint density at radius 2 is 1.12 bits per heavy atom. The molecule has 3 unspecified atom stereocenters. The number of aliphatic carboxylic acids is 1. The highest BCUT2D eigenvalue weighted by Gasteiger charge is 2.39. The van der Waals surface area contributed by atoms with Crippen LogP contribution in [-0.4, -0.2) is 22.3 Å². The van der Waals surface area contributed by atoms with Crippen LogP contribution in [0.1, 0.15) is 138 Å². The highest BCUT2D eigenvalue weighted by atomic mass is 16.4. The fraction of sp³-hybridized carbons (Fsp3) is 0.897. The van der Waals surface area contributed by atoms with E-state index in [2.05, 4.69) is 48.5 Å². The second kappa shape index (κ2) is 16.7. The molecule has 0 bridgehead atoms. The molecule has 0 aromatic carbocycles. The number of allylic oxidation sites excluding steroid dienone is 1. The van der Waals surface area contributed by atoms with Crippen LogP contribution in [0.5, 0.6) is 0 Å². The van der Waals surface area contributed by atoms with Crippen molar-refractivity contribution in [1.29, 1.82) is 0 Å². The maximum absolute atomic E-state index is 11.5. The average molecular weight is 453 g/mol. The first-order chi connectivity index (χ1) is 14.9. The van der Waals surface area contributed by atoms with Crippen LogP contribution in [0.3, 0.4) is 0 Å². The maximum Gasteiger partial charge on any atom is 0.327 e. The molecule has 0 radical (unpaired) electrons. The molecule has 0 spiro atoms. The number of hydrogen-bond donors (Lipinski definition) is 2. The lowest BCUT2D eigenvalue weighted by Gasteiger charge is -2.43. The van der Waals surface area contributed by atoms with E-state index in [1.807, 2.05) is 0 Å². The van der Waals surface area contributed by atoms with Crippen LogP contribution >= 0.6 is 0 Å². The lowest BCUT2D eigenvalue weighted by molar-refractivity contribution is -0.131. The van der Waals surface area contributed by atoms with Gasteiger partial charge in [-0.1, -0.05) is 125 Å². The van der Waals surface area contributed by atoms with Crippen molar-refractivity contribution in [2.45, 2.75) is 144 Å². The Morgan fingerprint density at radius 1 is 0.719 bits per heavy atom. The third-order valence-corrected chi connectivity index (χ3v) is 7.07. The number of carboxylic acids is 1. The SMILES string of the molecule is CCCCCCCCCCCCCC(C(O)C(CCC=CC(=O)O)C(C)(C)C)C(C)(C)C. The Balaban J connectivity index is 4.57. The van der Waals surface area contributed by atoms with Crippen molar-refractivity contribution < 1.29 is 15.0 Å². The molecule has 0 aliphatic heterocycles. The van der Waals surface area contributed by atoms with Gasteiger partial charge in [-0.2, -0.15) is 0 Å². The van der Waals surface area contributed by atoms with Crippen LogP contribution in [0.15, 0.2) is 12.2 Å². The lowest BCUT2D eigenvalue weighted by Crippen LogP contribution is -2.42. The molecule has 0 aromatic heterocycles. The van der Waals surface area contributed by atoms with Crippen molar-refractivity contribution in [3.05, 3.63) is 12.2 Å². The van der Waals surface area contributed by atoms with Gasteiger partial charge in [-0.15, -0.1) is 0 Å². The monoisotopic (exact) mass is 452 g/mol. The predicted octanol–water partition coefficient (Wildman–Crippen LogP) is 8.79. The van der Waals surface area contributed by atoms with Crippen LogP contribution in [0, 0.1) is 22.7 Å². The second-order valence-electron chi connectivity index (χ2n) is 12.1. The number of carbonyl (C=O) groups is 1.